The second-order valence-corrected chi connectivity index (χ2v) is 5.94. The Morgan fingerprint density at radius 2 is 2.22 bits per heavy atom. The monoisotopic (exact) mass is 315 g/mol. The fourth-order valence-electron chi connectivity index (χ4n) is 3.37. The Balaban J connectivity index is 1.69. The molecule has 0 saturated carbocycles. The van der Waals surface area contributed by atoms with Crippen molar-refractivity contribution >= 4 is 22.6 Å². The van der Waals surface area contributed by atoms with Gasteiger partial charge < -0.3 is 25.0 Å². The molecule has 2 aliphatic heterocycles. The van der Waals surface area contributed by atoms with Crippen molar-refractivity contribution < 1.29 is 14.6 Å². The number of benzene rings is 1. The van der Waals surface area contributed by atoms with E-state index >= 15 is 0 Å². The van der Waals surface area contributed by atoms with Crippen LogP contribution in [0.5, 0.6) is 0 Å². The van der Waals surface area contributed by atoms with Crippen LogP contribution in [-0.4, -0.2) is 54.4 Å². The number of carbonyl (C=O) groups is 1. The average molecular weight is 315 g/mol. The summed E-state index contributed by atoms with van der Waals surface area (Å²) in [6.45, 7) is 3.27. The molecule has 7 heteroatoms. The second kappa shape index (κ2) is 5.36. The molecule has 120 valence electrons. The zero-order valence-corrected chi connectivity index (χ0v) is 12.4. The van der Waals surface area contributed by atoms with Crippen molar-refractivity contribution in [2.75, 3.05) is 31.1 Å². The van der Waals surface area contributed by atoms with E-state index in [1.54, 1.807) is 6.07 Å². The van der Waals surface area contributed by atoms with E-state index in [4.69, 9.17) is 9.84 Å². The summed E-state index contributed by atoms with van der Waals surface area (Å²) in [6.07, 6.45) is 1.44. The summed E-state index contributed by atoms with van der Waals surface area (Å²) in [5, 5.41) is 12.9. The number of carboxylic acids is 1. The van der Waals surface area contributed by atoms with Gasteiger partial charge in [0, 0.05) is 36.9 Å². The Kier molecular flexibility index (Phi) is 3.32. The molecule has 2 fully saturated rings. The zero-order chi connectivity index (χ0) is 16.0. The molecule has 7 nitrogen and oxygen atoms in total. The summed E-state index contributed by atoms with van der Waals surface area (Å²) >= 11 is 0. The normalized spacial score (nSPS) is 23.9. The predicted octanol–water partition coefficient (Wildman–Crippen LogP) is 0.403. The smallest absolute Gasteiger partial charge is 0.341 e. The predicted molar refractivity (Wildman–Crippen MR) is 85.3 cm³/mol. The fourth-order valence-corrected chi connectivity index (χ4v) is 3.37. The molecule has 0 spiro atoms. The minimum atomic E-state index is -1.22. The van der Waals surface area contributed by atoms with Crippen LogP contribution in [0.25, 0.3) is 10.9 Å². The molecule has 0 bridgehead atoms. The van der Waals surface area contributed by atoms with Crippen LogP contribution < -0.4 is 15.6 Å². The van der Waals surface area contributed by atoms with Gasteiger partial charge in [0.2, 0.25) is 5.43 Å². The lowest BCUT2D eigenvalue weighted by Gasteiger charge is -2.25. The summed E-state index contributed by atoms with van der Waals surface area (Å²) in [5.74, 6) is -1.22. The van der Waals surface area contributed by atoms with Crippen LogP contribution in [0.1, 0.15) is 10.4 Å². The lowest BCUT2D eigenvalue weighted by molar-refractivity contribution is 0.0212. The van der Waals surface area contributed by atoms with E-state index in [1.807, 2.05) is 12.1 Å². The quantitative estimate of drug-likeness (QED) is 0.743. The number of pyridine rings is 1. The highest BCUT2D eigenvalue weighted by atomic mass is 16.5. The average Bonchev–Trinajstić information content (AvgIpc) is 2.98. The van der Waals surface area contributed by atoms with Crippen molar-refractivity contribution in [2.45, 2.75) is 12.1 Å². The summed E-state index contributed by atoms with van der Waals surface area (Å²) in [4.78, 5) is 28.3. The highest BCUT2D eigenvalue weighted by Crippen LogP contribution is 2.25. The van der Waals surface area contributed by atoms with E-state index in [2.05, 4.69) is 15.2 Å². The number of nitrogens with zero attached hydrogens (tertiary/aromatic N) is 1. The van der Waals surface area contributed by atoms with Crippen LogP contribution in [0.4, 0.5) is 5.69 Å². The highest BCUT2D eigenvalue weighted by molar-refractivity contribution is 5.93. The van der Waals surface area contributed by atoms with Gasteiger partial charge >= 0.3 is 5.97 Å². The summed E-state index contributed by atoms with van der Waals surface area (Å²) in [5.41, 5.74) is 0.935. The van der Waals surface area contributed by atoms with E-state index < -0.39 is 11.4 Å². The first-order chi connectivity index (χ1) is 11.1. The number of morpholine rings is 1. The fraction of sp³-hybridized carbons (Fsp3) is 0.375. The van der Waals surface area contributed by atoms with E-state index in [9.17, 15) is 9.59 Å². The van der Waals surface area contributed by atoms with E-state index in [0.717, 1.165) is 31.9 Å². The van der Waals surface area contributed by atoms with Gasteiger partial charge in [-0.05, 0) is 18.2 Å². The van der Waals surface area contributed by atoms with Gasteiger partial charge in [0.1, 0.15) is 5.56 Å². The van der Waals surface area contributed by atoms with Crippen molar-refractivity contribution in [3.8, 4) is 0 Å². The standard InChI is InChI=1S/C16H17N3O4/c20-15-10-2-1-9(5-12(10)18-6-11(15)16(21)22)19-7-13-14(8-19)23-4-3-17-13/h1-2,5-6,13-14,17H,3-4,7-8H2,(H,18,20)(H,21,22)/t13-,14+/m0/s1. The first kappa shape index (κ1) is 14.2. The molecular formula is C16H17N3O4. The molecule has 1 aromatic heterocycles. The summed E-state index contributed by atoms with van der Waals surface area (Å²) in [6, 6.07) is 5.76. The van der Waals surface area contributed by atoms with Gasteiger partial charge in [0.25, 0.3) is 0 Å². The van der Waals surface area contributed by atoms with Crippen molar-refractivity contribution in [3.63, 3.8) is 0 Å². The molecule has 2 saturated heterocycles. The third-order valence-corrected chi connectivity index (χ3v) is 4.57. The van der Waals surface area contributed by atoms with E-state index in [-0.39, 0.29) is 11.7 Å². The lowest BCUT2D eigenvalue weighted by atomic mass is 10.1. The number of rotatable bonds is 2. The maximum Gasteiger partial charge on any atom is 0.341 e. The zero-order valence-electron chi connectivity index (χ0n) is 12.4. The molecule has 2 aliphatic rings. The third kappa shape index (κ3) is 2.38. The molecule has 0 radical (unpaired) electrons. The molecule has 1 aromatic carbocycles. The number of hydrogen-bond donors (Lipinski definition) is 3. The minimum absolute atomic E-state index is 0.188. The Hall–Kier alpha value is -2.38. The Bertz CT molecular complexity index is 818. The van der Waals surface area contributed by atoms with Crippen LogP contribution in [0.15, 0.2) is 29.2 Å². The van der Waals surface area contributed by atoms with Crippen molar-refractivity contribution in [3.05, 3.63) is 40.2 Å². The third-order valence-electron chi connectivity index (χ3n) is 4.57. The van der Waals surface area contributed by atoms with Crippen LogP contribution in [-0.2, 0) is 4.74 Å². The van der Waals surface area contributed by atoms with Crippen LogP contribution in [0.3, 0.4) is 0 Å². The number of hydrogen-bond acceptors (Lipinski definition) is 5. The van der Waals surface area contributed by atoms with Gasteiger partial charge in [-0.25, -0.2) is 4.79 Å². The molecule has 2 aromatic rings. The molecule has 0 amide bonds. The molecular weight excluding hydrogens is 298 g/mol. The van der Waals surface area contributed by atoms with E-state index in [1.165, 1.54) is 6.20 Å². The van der Waals surface area contributed by atoms with Gasteiger partial charge in [0.05, 0.1) is 24.3 Å². The van der Waals surface area contributed by atoms with Crippen molar-refractivity contribution in [1.82, 2.24) is 10.3 Å². The maximum atomic E-state index is 12.2. The molecule has 0 aliphatic carbocycles. The molecule has 3 N–H and O–H groups in total. The van der Waals surface area contributed by atoms with Crippen LogP contribution in [0, 0.1) is 0 Å². The Labute approximate surface area is 131 Å². The highest BCUT2D eigenvalue weighted by Gasteiger charge is 2.35. The first-order valence-electron chi connectivity index (χ1n) is 7.62. The molecule has 23 heavy (non-hydrogen) atoms. The van der Waals surface area contributed by atoms with Gasteiger partial charge in [-0.3, -0.25) is 4.79 Å². The number of carboxylic acid groups (broad SMARTS) is 1. The lowest BCUT2D eigenvalue weighted by Crippen LogP contribution is -2.47. The second-order valence-electron chi connectivity index (χ2n) is 5.94. The van der Waals surface area contributed by atoms with Crippen molar-refractivity contribution in [1.29, 1.82) is 0 Å². The molecule has 0 unspecified atom stereocenters. The topological polar surface area (TPSA) is 94.7 Å². The van der Waals surface area contributed by atoms with Gasteiger partial charge in [-0.2, -0.15) is 0 Å². The molecule has 2 atom stereocenters. The van der Waals surface area contributed by atoms with Gasteiger partial charge in [0.15, 0.2) is 0 Å². The van der Waals surface area contributed by atoms with Crippen LogP contribution in [0.2, 0.25) is 0 Å². The number of aromatic amines is 1. The Morgan fingerprint density at radius 1 is 1.35 bits per heavy atom. The SMILES string of the molecule is O=C(O)c1c[nH]c2cc(N3C[C@@H]4NCCO[C@@H]4C3)ccc2c1=O. The first-order valence-corrected chi connectivity index (χ1v) is 7.62. The molecule has 3 heterocycles. The summed E-state index contributed by atoms with van der Waals surface area (Å²) in [7, 11) is 0. The Morgan fingerprint density at radius 3 is 3.00 bits per heavy atom. The summed E-state index contributed by atoms with van der Waals surface area (Å²) < 4.78 is 5.78. The number of anilines is 1. The number of fused-ring (bicyclic) bond motifs is 2. The van der Waals surface area contributed by atoms with Gasteiger partial charge in [-0.1, -0.05) is 0 Å². The van der Waals surface area contributed by atoms with E-state index in [0.29, 0.717) is 16.9 Å². The van der Waals surface area contributed by atoms with Crippen LogP contribution >= 0.6 is 0 Å². The largest absolute Gasteiger partial charge is 0.477 e. The number of ether oxygens (including phenoxy) is 1. The maximum absolute atomic E-state index is 12.2. The minimum Gasteiger partial charge on any atom is -0.477 e. The molecule has 4 rings (SSSR count). The van der Waals surface area contributed by atoms with Gasteiger partial charge in [-0.15, -0.1) is 0 Å². The van der Waals surface area contributed by atoms with Crippen molar-refractivity contribution in [2.24, 2.45) is 0 Å². The number of aromatic carboxylic acids is 1. The number of nitrogens with one attached hydrogen (secondary N) is 2. The number of H-pyrrole nitrogens is 1. The number of aromatic nitrogens is 1.